The molecule has 0 unspecified atom stereocenters. The number of nitrogens with zero attached hydrogens (tertiary/aromatic N) is 4. The molecule has 0 saturated carbocycles. The van der Waals surface area contributed by atoms with Crippen molar-refractivity contribution in [3.8, 4) is 5.69 Å². The van der Waals surface area contributed by atoms with Crippen LogP contribution in [0.1, 0.15) is 17.8 Å². The van der Waals surface area contributed by atoms with Crippen LogP contribution in [-0.2, 0) is 11.3 Å². The van der Waals surface area contributed by atoms with E-state index in [-0.39, 0.29) is 24.4 Å². The van der Waals surface area contributed by atoms with Crippen LogP contribution in [0.25, 0.3) is 16.6 Å². The Morgan fingerprint density at radius 3 is 2.57 bits per heavy atom. The number of aromatic nitrogens is 4. The van der Waals surface area contributed by atoms with Gasteiger partial charge in [0.25, 0.3) is 5.56 Å². The summed E-state index contributed by atoms with van der Waals surface area (Å²) in [4.78, 5) is 25.3. The van der Waals surface area contributed by atoms with E-state index in [0.717, 1.165) is 16.8 Å². The van der Waals surface area contributed by atoms with Gasteiger partial charge in [-0.3, -0.25) is 9.59 Å². The molecule has 4 aromatic rings. The SMILES string of the molecule is Cc1nn(CCC(=O)Nc2cccc(Cl)c2)c(=O)c2nn(-c3ccccc3)c(C)c12. The highest BCUT2D eigenvalue weighted by Crippen LogP contribution is 2.21. The number of fused-ring (bicyclic) bond motifs is 1. The molecule has 0 fully saturated rings. The van der Waals surface area contributed by atoms with Crippen molar-refractivity contribution in [2.24, 2.45) is 0 Å². The average molecular weight is 422 g/mol. The van der Waals surface area contributed by atoms with Gasteiger partial charge >= 0.3 is 0 Å². The molecule has 0 aliphatic rings. The van der Waals surface area contributed by atoms with E-state index >= 15 is 0 Å². The quantitative estimate of drug-likeness (QED) is 0.530. The van der Waals surface area contributed by atoms with Gasteiger partial charge in [0.05, 0.1) is 29.0 Å². The van der Waals surface area contributed by atoms with E-state index in [2.05, 4.69) is 15.5 Å². The maximum atomic E-state index is 13.0. The summed E-state index contributed by atoms with van der Waals surface area (Å²) in [5.74, 6) is -0.227. The highest BCUT2D eigenvalue weighted by atomic mass is 35.5. The van der Waals surface area contributed by atoms with Crippen molar-refractivity contribution in [3.05, 3.63) is 81.4 Å². The monoisotopic (exact) mass is 421 g/mol. The highest BCUT2D eigenvalue weighted by molar-refractivity contribution is 6.30. The van der Waals surface area contributed by atoms with Crippen LogP contribution in [0.4, 0.5) is 5.69 Å². The Morgan fingerprint density at radius 2 is 1.83 bits per heavy atom. The number of hydrogen-bond acceptors (Lipinski definition) is 4. The molecule has 2 aromatic carbocycles. The normalized spacial score (nSPS) is 11.0. The van der Waals surface area contributed by atoms with Crippen molar-refractivity contribution in [1.82, 2.24) is 19.6 Å². The van der Waals surface area contributed by atoms with E-state index in [1.807, 2.05) is 44.2 Å². The molecule has 0 aliphatic carbocycles. The van der Waals surface area contributed by atoms with E-state index in [0.29, 0.717) is 21.9 Å². The number of rotatable bonds is 5. The number of para-hydroxylation sites is 1. The fourth-order valence-electron chi connectivity index (χ4n) is 3.45. The van der Waals surface area contributed by atoms with Crippen LogP contribution in [0.3, 0.4) is 0 Å². The number of halogens is 1. The molecule has 0 saturated heterocycles. The maximum Gasteiger partial charge on any atom is 0.295 e. The minimum Gasteiger partial charge on any atom is -0.326 e. The number of anilines is 1. The van der Waals surface area contributed by atoms with Crippen LogP contribution in [-0.4, -0.2) is 25.5 Å². The second-order valence-corrected chi connectivity index (χ2v) is 7.42. The van der Waals surface area contributed by atoms with Crippen molar-refractivity contribution in [2.75, 3.05) is 5.32 Å². The van der Waals surface area contributed by atoms with E-state index in [1.165, 1.54) is 4.68 Å². The van der Waals surface area contributed by atoms with Crippen molar-refractivity contribution < 1.29 is 4.79 Å². The number of amides is 1. The summed E-state index contributed by atoms with van der Waals surface area (Å²) in [7, 11) is 0. The van der Waals surface area contributed by atoms with Crippen LogP contribution in [0, 0.1) is 13.8 Å². The number of carbonyl (C=O) groups is 1. The predicted octanol–water partition coefficient (Wildman–Crippen LogP) is 3.88. The zero-order chi connectivity index (χ0) is 21.3. The Hall–Kier alpha value is -3.45. The van der Waals surface area contributed by atoms with Gasteiger partial charge in [-0.1, -0.05) is 35.9 Å². The molecular weight excluding hydrogens is 402 g/mol. The Kier molecular flexibility index (Phi) is 5.37. The fourth-order valence-corrected chi connectivity index (χ4v) is 3.64. The van der Waals surface area contributed by atoms with Gasteiger partial charge in [0.15, 0.2) is 5.52 Å². The molecule has 7 nitrogen and oxygen atoms in total. The van der Waals surface area contributed by atoms with Gasteiger partial charge in [-0.15, -0.1) is 0 Å². The van der Waals surface area contributed by atoms with E-state index in [9.17, 15) is 9.59 Å². The third kappa shape index (κ3) is 3.84. The minimum absolute atomic E-state index is 0.0999. The van der Waals surface area contributed by atoms with Crippen LogP contribution in [0.2, 0.25) is 5.02 Å². The number of carbonyl (C=O) groups excluding carboxylic acids is 1. The lowest BCUT2D eigenvalue weighted by molar-refractivity contribution is -0.116. The summed E-state index contributed by atoms with van der Waals surface area (Å²) >= 11 is 5.94. The van der Waals surface area contributed by atoms with Gasteiger partial charge in [-0.25, -0.2) is 9.36 Å². The van der Waals surface area contributed by atoms with Crippen LogP contribution < -0.4 is 10.9 Å². The standard InChI is InChI=1S/C22H20ClN5O2/c1-14-20-15(2)28(18-9-4-3-5-10-18)26-21(20)22(30)27(25-14)12-11-19(29)24-17-8-6-7-16(23)13-17/h3-10,13H,11-12H2,1-2H3,(H,24,29). The molecule has 0 atom stereocenters. The second-order valence-electron chi connectivity index (χ2n) is 6.98. The van der Waals surface area contributed by atoms with Gasteiger partial charge < -0.3 is 5.32 Å². The Labute approximate surface area is 177 Å². The molecule has 0 bridgehead atoms. The van der Waals surface area contributed by atoms with Crippen LogP contribution in [0.5, 0.6) is 0 Å². The van der Waals surface area contributed by atoms with Gasteiger partial charge in [-0.2, -0.15) is 10.2 Å². The van der Waals surface area contributed by atoms with Crippen molar-refractivity contribution in [2.45, 2.75) is 26.8 Å². The fraction of sp³-hybridized carbons (Fsp3) is 0.182. The molecule has 1 N–H and O–H groups in total. The summed E-state index contributed by atoms with van der Waals surface area (Å²) < 4.78 is 3.05. The van der Waals surface area contributed by atoms with E-state index in [1.54, 1.807) is 28.9 Å². The third-order valence-corrected chi connectivity index (χ3v) is 5.08. The van der Waals surface area contributed by atoms with Gasteiger partial charge in [0, 0.05) is 17.1 Å². The first kappa shape index (κ1) is 19.8. The van der Waals surface area contributed by atoms with Crippen molar-refractivity contribution in [3.63, 3.8) is 0 Å². The average Bonchev–Trinajstić information content (AvgIpc) is 3.08. The lowest BCUT2D eigenvalue weighted by atomic mass is 10.2. The molecule has 2 heterocycles. The third-order valence-electron chi connectivity index (χ3n) is 4.85. The van der Waals surface area contributed by atoms with Crippen molar-refractivity contribution in [1.29, 1.82) is 0 Å². The molecule has 152 valence electrons. The lowest BCUT2D eigenvalue weighted by Gasteiger charge is -2.08. The first-order chi connectivity index (χ1) is 14.4. The van der Waals surface area contributed by atoms with E-state index < -0.39 is 0 Å². The molecule has 30 heavy (non-hydrogen) atoms. The zero-order valence-corrected chi connectivity index (χ0v) is 17.3. The van der Waals surface area contributed by atoms with Gasteiger partial charge in [-0.05, 0) is 44.2 Å². The largest absolute Gasteiger partial charge is 0.326 e. The number of nitrogens with one attached hydrogen (secondary N) is 1. The molecule has 2 aromatic heterocycles. The summed E-state index contributed by atoms with van der Waals surface area (Å²) in [6.45, 7) is 3.91. The smallest absolute Gasteiger partial charge is 0.295 e. The van der Waals surface area contributed by atoms with Crippen LogP contribution in [0.15, 0.2) is 59.4 Å². The second kappa shape index (κ2) is 8.12. The molecule has 0 aliphatic heterocycles. The first-order valence-corrected chi connectivity index (χ1v) is 9.90. The van der Waals surface area contributed by atoms with Gasteiger partial charge in [0.2, 0.25) is 5.91 Å². The molecule has 0 spiro atoms. The highest BCUT2D eigenvalue weighted by Gasteiger charge is 2.17. The Bertz CT molecular complexity index is 1290. The van der Waals surface area contributed by atoms with E-state index in [4.69, 9.17) is 11.6 Å². The maximum absolute atomic E-state index is 13.0. The molecular formula is C22H20ClN5O2. The zero-order valence-electron chi connectivity index (χ0n) is 16.6. The lowest BCUT2D eigenvalue weighted by Crippen LogP contribution is -2.26. The number of benzene rings is 2. The first-order valence-electron chi connectivity index (χ1n) is 9.52. The Morgan fingerprint density at radius 1 is 1.07 bits per heavy atom. The summed E-state index contributed by atoms with van der Waals surface area (Å²) in [6, 6.07) is 16.5. The van der Waals surface area contributed by atoms with Crippen LogP contribution >= 0.6 is 11.6 Å². The van der Waals surface area contributed by atoms with Crippen molar-refractivity contribution >= 4 is 34.1 Å². The Balaban J connectivity index is 1.60. The molecule has 4 rings (SSSR count). The molecule has 1 amide bonds. The summed E-state index contributed by atoms with van der Waals surface area (Å²) in [6.07, 6.45) is 0.0999. The number of hydrogen-bond donors (Lipinski definition) is 1. The summed E-state index contributed by atoms with van der Waals surface area (Å²) in [5, 5.41) is 13.0. The van der Waals surface area contributed by atoms with Gasteiger partial charge in [0.1, 0.15) is 0 Å². The predicted molar refractivity (Wildman–Crippen MR) is 117 cm³/mol. The molecule has 0 radical (unpaired) electrons. The topological polar surface area (TPSA) is 81.8 Å². The summed E-state index contributed by atoms with van der Waals surface area (Å²) in [5.41, 5.74) is 3.06. The minimum atomic E-state index is -0.316. The number of aryl methyl sites for hydroxylation is 3. The molecule has 8 heteroatoms.